The van der Waals surface area contributed by atoms with Crippen LogP contribution in [0.25, 0.3) is 0 Å². The molecular weight excluding hydrogens is 328 g/mol. The molecule has 0 unspecified atom stereocenters. The second kappa shape index (κ2) is 13.2. The maximum atomic E-state index is 2.49. The molecule has 0 N–H and O–H groups in total. The van der Waals surface area contributed by atoms with Crippen LogP contribution >= 0.6 is 23.5 Å². The van der Waals surface area contributed by atoms with Gasteiger partial charge in [-0.25, -0.2) is 0 Å². The van der Waals surface area contributed by atoms with Crippen molar-refractivity contribution in [3.05, 3.63) is 29.3 Å². The van der Waals surface area contributed by atoms with Gasteiger partial charge in [0.2, 0.25) is 0 Å². The van der Waals surface area contributed by atoms with Gasteiger partial charge < -0.3 is 0 Å². The van der Waals surface area contributed by atoms with Crippen LogP contribution in [0.4, 0.5) is 0 Å². The number of rotatable bonds is 11. The van der Waals surface area contributed by atoms with Crippen molar-refractivity contribution in [1.29, 1.82) is 0 Å². The third-order valence-corrected chi connectivity index (χ3v) is 7.19. The lowest BCUT2D eigenvalue weighted by Gasteiger charge is -2.14. The first-order valence-electron chi connectivity index (χ1n) is 10.2. The molecule has 136 valence electrons. The quantitative estimate of drug-likeness (QED) is 0.366. The summed E-state index contributed by atoms with van der Waals surface area (Å²) in [6.07, 6.45) is 16.9. The molecule has 2 rings (SSSR count). The van der Waals surface area contributed by atoms with Crippen LogP contribution in [-0.4, -0.2) is 11.5 Å². The SMILES string of the molecule is CCCCCCCCCCCCc1ccc2c(c1)CSCCCS2. The molecule has 1 aliphatic heterocycles. The number of thioether (sulfide) groups is 2. The van der Waals surface area contributed by atoms with Crippen LogP contribution in [0.1, 0.15) is 88.7 Å². The van der Waals surface area contributed by atoms with E-state index in [1.807, 2.05) is 0 Å². The molecule has 1 heterocycles. The van der Waals surface area contributed by atoms with E-state index in [4.69, 9.17) is 0 Å². The summed E-state index contributed by atoms with van der Waals surface area (Å²) in [7, 11) is 0. The average Bonchev–Trinajstić information content (AvgIpc) is 2.57. The molecule has 0 fully saturated rings. The molecule has 0 amide bonds. The lowest BCUT2D eigenvalue weighted by Crippen LogP contribution is -1.96. The van der Waals surface area contributed by atoms with E-state index in [0.717, 1.165) is 0 Å². The smallest absolute Gasteiger partial charge is 0.0195 e. The summed E-state index contributed by atoms with van der Waals surface area (Å²) in [5.41, 5.74) is 3.16. The van der Waals surface area contributed by atoms with E-state index in [-0.39, 0.29) is 0 Å². The molecule has 0 aromatic heterocycles. The predicted molar refractivity (Wildman–Crippen MR) is 113 cm³/mol. The number of aryl methyl sites for hydroxylation is 1. The fourth-order valence-electron chi connectivity index (χ4n) is 3.38. The van der Waals surface area contributed by atoms with E-state index >= 15 is 0 Å². The Labute approximate surface area is 159 Å². The van der Waals surface area contributed by atoms with Gasteiger partial charge in [0.05, 0.1) is 0 Å². The van der Waals surface area contributed by atoms with E-state index < -0.39 is 0 Å². The number of hydrogen-bond acceptors (Lipinski definition) is 2. The Bertz CT molecular complexity index is 442. The Balaban J connectivity index is 1.56. The maximum absolute atomic E-state index is 2.49. The van der Waals surface area contributed by atoms with Crippen LogP contribution in [0, 0.1) is 0 Å². The lowest BCUT2D eigenvalue weighted by atomic mass is 10.0. The number of hydrogen-bond donors (Lipinski definition) is 0. The summed E-state index contributed by atoms with van der Waals surface area (Å²) < 4.78 is 0. The summed E-state index contributed by atoms with van der Waals surface area (Å²) >= 11 is 4.17. The monoisotopic (exact) mass is 364 g/mol. The van der Waals surface area contributed by atoms with Crippen LogP contribution in [-0.2, 0) is 12.2 Å². The zero-order valence-corrected chi connectivity index (χ0v) is 17.3. The van der Waals surface area contributed by atoms with Gasteiger partial charge >= 0.3 is 0 Å². The normalized spacial score (nSPS) is 14.9. The summed E-state index contributed by atoms with van der Waals surface area (Å²) in [4.78, 5) is 1.54. The molecule has 1 aromatic rings. The van der Waals surface area contributed by atoms with Crippen molar-refractivity contribution in [3.8, 4) is 0 Å². The maximum Gasteiger partial charge on any atom is 0.0195 e. The minimum Gasteiger partial charge on any atom is -0.157 e. The van der Waals surface area contributed by atoms with Crippen molar-refractivity contribution in [3.63, 3.8) is 0 Å². The second-order valence-electron chi connectivity index (χ2n) is 7.13. The molecule has 0 aliphatic carbocycles. The van der Waals surface area contributed by atoms with Crippen molar-refractivity contribution < 1.29 is 0 Å². The molecule has 24 heavy (non-hydrogen) atoms. The van der Waals surface area contributed by atoms with Gasteiger partial charge in [-0.1, -0.05) is 76.8 Å². The van der Waals surface area contributed by atoms with Crippen LogP contribution in [0.15, 0.2) is 23.1 Å². The minimum absolute atomic E-state index is 1.22. The van der Waals surface area contributed by atoms with Gasteiger partial charge in [-0.05, 0) is 48.0 Å². The van der Waals surface area contributed by atoms with Gasteiger partial charge in [0.15, 0.2) is 0 Å². The van der Waals surface area contributed by atoms with E-state index in [9.17, 15) is 0 Å². The zero-order valence-electron chi connectivity index (χ0n) is 15.7. The Hall–Kier alpha value is -0.0800. The molecule has 0 atom stereocenters. The van der Waals surface area contributed by atoms with Gasteiger partial charge in [0.25, 0.3) is 0 Å². The Morgan fingerprint density at radius 3 is 2.29 bits per heavy atom. The van der Waals surface area contributed by atoms with Crippen LogP contribution in [0.2, 0.25) is 0 Å². The molecule has 0 saturated heterocycles. The molecule has 0 nitrogen and oxygen atoms in total. The third-order valence-electron chi connectivity index (χ3n) is 4.89. The Kier molecular flexibility index (Phi) is 11.1. The zero-order chi connectivity index (χ0) is 16.9. The Morgan fingerprint density at radius 2 is 1.54 bits per heavy atom. The molecule has 1 aliphatic rings. The van der Waals surface area contributed by atoms with E-state index in [1.165, 1.54) is 99.2 Å². The average molecular weight is 365 g/mol. The fraction of sp³-hybridized carbons (Fsp3) is 0.727. The highest BCUT2D eigenvalue weighted by molar-refractivity contribution is 8.00. The lowest BCUT2D eigenvalue weighted by molar-refractivity contribution is 0.556. The van der Waals surface area contributed by atoms with Gasteiger partial charge in [0, 0.05) is 10.6 Å². The van der Waals surface area contributed by atoms with Crippen molar-refractivity contribution in [2.45, 2.75) is 94.6 Å². The summed E-state index contributed by atoms with van der Waals surface area (Å²) in [6.45, 7) is 2.29. The molecule has 0 radical (unpaired) electrons. The molecular formula is C22H36S2. The largest absolute Gasteiger partial charge is 0.157 e. The van der Waals surface area contributed by atoms with Crippen LogP contribution < -0.4 is 0 Å². The topological polar surface area (TPSA) is 0 Å². The van der Waals surface area contributed by atoms with Gasteiger partial charge in [-0.2, -0.15) is 11.8 Å². The fourth-order valence-corrected chi connectivity index (χ4v) is 5.60. The Morgan fingerprint density at radius 1 is 0.833 bits per heavy atom. The first kappa shape index (κ1) is 20.2. The highest BCUT2D eigenvalue weighted by Gasteiger charge is 2.08. The standard InChI is InChI=1S/C22H36S2/c1-2-3-4-5-6-7-8-9-10-11-13-20-14-15-22-21(18-20)19-23-16-12-17-24-22/h14-15,18H,2-13,16-17,19H2,1H3. The van der Waals surface area contributed by atoms with Crippen LogP contribution in [0.5, 0.6) is 0 Å². The number of fused-ring (bicyclic) bond motifs is 1. The minimum atomic E-state index is 1.22. The highest BCUT2D eigenvalue weighted by Crippen LogP contribution is 2.31. The second-order valence-corrected chi connectivity index (χ2v) is 9.37. The molecule has 0 bridgehead atoms. The molecule has 2 heteroatoms. The van der Waals surface area contributed by atoms with Gasteiger partial charge in [0.1, 0.15) is 0 Å². The van der Waals surface area contributed by atoms with Gasteiger partial charge in [-0.3, -0.25) is 0 Å². The van der Waals surface area contributed by atoms with E-state index in [0.29, 0.717) is 0 Å². The summed E-state index contributed by atoms with van der Waals surface area (Å²) in [5, 5.41) is 0. The molecule has 1 aromatic carbocycles. The van der Waals surface area contributed by atoms with Crippen molar-refractivity contribution >= 4 is 23.5 Å². The number of benzene rings is 1. The third kappa shape index (κ3) is 8.34. The highest BCUT2D eigenvalue weighted by atomic mass is 32.2. The molecule has 0 saturated carbocycles. The predicted octanol–water partition coefficient (Wildman–Crippen LogP) is 7.88. The molecule has 0 spiro atoms. The summed E-state index contributed by atoms with van der Waals surface area (Å²) in [5.74, 6) is 3.83. The first-order chi connectivity index (χ1) is 11.9. The summed E-state index contributed by atoms with van der Waals surface area (Å²) in [6, 6.07) is 7.26. The van der Waals surface area contributed by atoms with Crippen molar-refractivity contribution in [1.82, 2.24) is 0 Å². The van der Waals surface area contributed by atoms with Gasteiger partial charge in [-0.15, -0.1) is 11.8 Å². The van der Waals surface area contributed by atoms with E-state index in [2.05, 4.69) is 48.6 Å². The first-order valence-corrected chi connectivity index (χ1v) is 12.4. The van der Waals surface area contributed by atoms with Crippen LogP contribution in [0.3, 0.4) is 0 Å². The van der Waals surface area contributed by atoms with E-state index in [1.54, 1.807) is 11.1 Å². The number of unbranched alkanes of at least 4 members (excludes halogenated alkanes) is 9. The van der Waals surface area contributed by atoms with Crippen molar-refractivity contribution in [2.24, 2.45) is 0 Å². The van der Waals surface area contributed by atoms with Crippen molar-refractivity contribution in [2.75, 3.05) is 11.5 Å².